The molecule has 0 aromatic carbocycles. The maximum absolute atomic E-state index is 12.4. The van der Waals surface area contributed by atoms with Gasteiger partial charge >= 0.3 is 0 Å². The van der Waals surface area contributed by atoms with Crippen LogP contribution in [-0.4, -0.2) is 62.3 Å². The first-order valence-electron chi connectivity index (χ1n) is 7.80. The molecule has 0 aliphatic carbocycles. The van der Waals surface area contributed by atoms with Crippen LogP contribution in [0.2, 0.25) is 5.02 Å². The minimum absolute atomic E-state index is 0.0713. The summed E-state index contributed by atoms with van der Waals surface area (Å²) in [4.78, 5) is 16.2. The molecule has 2 aromatic rings. The van der Waals surface area contributed by atoms with Crippen LogP contribution in [-0.2, 0) is 20.1 Å². The minimum atomic E-state index is -2.66. The second-order valence-corrected chi connectivity index (χ2v) is 6.25. The van der Waals surface area contributed by atoms with Gasteiger partial charge in [-0.1, -0.05) is 16.8 Å². The number of piperazine rings is 1. The molecule has 0 N–H and O–H groups in total. The fourth-order valence-electron chi connectivity index (χ4n) is 2.78. The van der Waals surface area contributed by atoms with Crippen LogP contribution < -0.4 is 10.5 Å². The molecule has 25 heavy (non-hydrogen) atoms. The lowest BCUT2D eigenvalue weighted by atomic mass is 10.2. The lowest BCUT2D eigenvalue weighted by Crippen LogP contribution is -2.46. The Bertz CT molecular complexity index is 786. The molecule has 11 heteroatoms. The number of alkyl halides is 2. The second-order valence-electron chi connectivity index (χ2n) is 5.87. The third-order valence-electron chi connectivity index (χ3n) is 4.03. The van der Waals surface area contributed by atoms with Crippen molar-refractivity contribution in [3.05, 3.63) is 33.5 Å². The van der Waals surface area contributed by atoms with Crippen LogP contribution >= 0.6 is 11.6 Å². The predicted octanol–water partition coefficient (Wildman–Crippen LogP) is 0.612. The molecule has 1 saturated heterocycles. The van der Waals surface area contributed by atoms with Gasteiger partial charge < -0.3 is 4.90 Å². The predicted molar refractivity (Wildman–Crippen MR) is 88.0 cm³/mol. The number of rotatable bonds is 5. The third-order valence-corrected chi connectivity index (χ3v) is 4.38. The quantitative estimate of drug-likeness (QED) is 0.765. The summed E-state index contributed by atoms with van der Waals surface area (Å²) in [6.45, 7) is 2.76. The van der Waals surface area contributed by atoms with E-state index in [9.17, 15) is 13.6 Å². The summed E-state index contributed by atoms with van der Waals surface area (Å²) >= 11 is 6.09. The zero-order chi connectivity index (χ0) is 18.0. The smallest absolute Gasteiger partial charge is 0.287 e. The summed E-state index contributed by atoms with van der Waals surface area (Å²) < 4.78 is 27.2. The van der Waals surface area contributed by atoms with Gasteiger partial charge in [-0.3, -0.25) is 14.4 Å². The van der Waals surface area contributed by atoms with E-state index in [1.165, 1.54) is 6.20 Å². The van der Waals surface area contributed by atoms with Crippen molar-refractivity contribution in [2.75, 3.05) is 31.1 Å². The number of aryl methyl sites for hydroxylation is 1. The number of halogens is 3. The van der Waals surface area contributed by atoms with Gasteiger partial charge in [0.05, 0.1) is 17.6 Å². The molecule has 0 atom stereocenters. The van der Waals surface area contributed by atoms with Gasteiger partial charge in [-0.05, 0) is 0 Å². The normalized spacial score (nSPS) is 16.0. The van der Waals surface area contributed by atoms with Crippen molar-refractivity contribution >= 4 is 17.3 Å². The molecule has 3 heterocycles. The molecule has 3 rings (SSSR count). The molecule has 1 aliphatic rings. The summed E-state index contributed by atoms with van der Waals surface area (Å²) in [5.41, 5.74) is 0.683. The van der Waals surface area contributed by atoms with Crippen LogP contribution in [0.25, 0.3) is 0 Å². The average Bonchev–Trinajstić information content (AvgIpc) is 2.98. The lowest BCUT2D eigenvalue weighted by Gasteiger charge is -2.35. The lowest BCUT2D eigenvalue weighted by molar-refractivity contribution is 0.119. The molecule has 136 valence electrons. The van der Waals surface area contributed by atoms with E-state index < -0.39 is 18.5 Å². The van der Waals surface area contributed by atoms with Crippen molar-refractivity contribution < 1.29 is 8.78 Å². The van der Waals surface area contributed by atoms with Crippen LogP contribution in [0.15, 0.2) is 17.2 Å². The molecule has 0 radical (unpaired) electrons. The van der Waals surface area contributed by atoms with E-state index in [2.05, 4.69) is 20.3 Å². The van der Waals surface area contributed by atoms with Crippen LogP contribution in [0.5, 0.6) is 0 Å². The summed E-state index contributed by atoms with van der Waals surface area (Å²) in [7, 11) is 1.82. The van der Waals surface area contributed by atoms with Crippen molar-refractivity contribution in [2.45, 2.75) is 19.5 Å². The number of aromatic nitrogens is 5. The first-order chi connectivity index (χ1) is 11.9. The van der Waals surface area contributed by atoms with Crippen molar-refractivity contribution in [1.82, 2.24) is 29.7 Å². The fraction of sp³-hybridized carbons (Fsp3) is 0.571. The maximum Gasteiger partial charge on any atom is 0.287 e. The Morgan fingerprint density at radius 1 is 1.28 bits per heavy atom. The molecule has 0 amide bonds. The van der Waals surface area contributed by atoms with E-state index in [0.29, 0.717) is 30.0 Å². The number of hydrogen-bond acceptors (Lipinski definition) is 6. The van der Waals surface area contributed by atoms with Crippen molar-refractivity contribution in [1.29, 1.82) is 0 Å². The Kier molecular flexibility index (Phi) is 5.28. The highest BCUT2D eigenvalue weighted by Gasteiger charge is 2.22. The first kappa shape index (κ1) is 17.7. The van der Waals surface area contributed by atoms with Crippen molar-refractivity contribution in [3.63, 3.8) is 0 Å². The van der Waals surface area contributed by atoms with Crippen LogP contribution in [0.1, 0.15) is 5.69 Å². The zero-order valence-electron chi connectivity index (χ0n) is 13.6. The van der Waals surface area contributed by atoms with Crippen molar-refractivity contribution in [3.8, 4) is 0 Å². The van der Waals surface area contributed by atoms with E-state index in [4.69, 9.17) is 11.6 Å². The van der Waals surface area contributed by atoms with Gasteiger partial charge in [0.2, 0.25) is 0 Å². The molecule has 2 aromatic heterocycles. The number of anilines is 1. The van der Waals surface area contributed by atoms with Gasteiger partial charge in [0.25, 0.3) is 12.0 Å². The van der Waals surface area contributed by atoms with Gasteiger partial charge in [-0.15, -0.1) is 5.10 Å². The monoisotopic (exact) mass is 373 g/mol. The largest absolute Gasteiger partial charge is 0.366 e. The van der Waals surface area contributed by atoms with Crippen LogP contribution in [0.3, 0.4) is 0 Å². The van der Waals surface area contributed by atoms with Gasteiger partial charge in [-0.25, -0.2) is 13.5 Å². The fourth-order valence-corrected chi connectivity index (χ4v) is 3.05. The maximum atomic E-state index is 12.4. The van der Waals surface area contributed by atoms with Crippen LogP contribution in [0, 0.1) is 0 Å². The van der Waals surface area contributed by atoms with Gasteiger partial charge in [0.1, 0.15) is 11.6 Å². The van der Waals surface area contributed by atoms with E-state index in [1.807, 2.05) is 18.1 Å². The molecular formula is C14H18ClF2N7O. The third kappa shape index (κ3) is 4.13. The average molecular weight is 374 g/mol. The van der Waals surface area contributed by atoms with Crippen molar-refractivity contribution in [2.24, 2.45) is 7.05 Å². The molecular weight excluding hydrogens is 356 g/mol. The topological polar surface area (TPSA) is 72.1 Å². The standard InChI is InChI=1S/C14H18ClF2N7O/c1-21-7-10(19-20-21)8-22-2-4-23(5-3-22)11-6-18-24(9-12(16)17)14(25)13(11)15/h6-7,12H,2-5,8-9H2,1H3. The van der Waals surface area contributed by atoms with E-state index in [0.717, 1.165) is 18.8 Å². The minimum Gasteiger partial charge on any atom is -0.366 e. The summed E-state index contributed by atoms with van der Waals surface area (Å²) in [6, 6.07) is 0. The zero-order valence-corrected chi connectivity index (χ0v) is 14.4. The number of hydrogen-bond donors (Lipinski definition) is 0. The highest BCUT2D eigenvalue weighted by Crippen LogP contribution is 2.22. The Hall–Kier alpha value is -2.07. The van der Waals surface area contributed by atoms with Crippen LogP contribution in [0.4, 0.5) is 14.5 Å². The highest BCUT2D eigenvalue weighted by atomic mass is 35.5. The summed E-state index contributed by atoms with van der Waals surface area (Å²) in [5.74, 6) is 0. The molecule has 0 saturated carbocycles. The summed E-state index contributed by atoms with van der Waals surface area (Å²) in [5, 5.41) is 11.7. The highest BCUT2D eigenvalue weighted by molar-refractivity contribution is 6.33. The Balaban J connectivity index is 1.64. The van der Waals surface area contributed by atoms with E-state index in [1.54, 1.807) is 4.68 Å². The van der Waals surface area contributed by atoms with E-state index in [-0.39, 0.29) is 5.02 Å². The molecule has 8 nitrogen and oxygen atoms in total. The molecule has 0 bridgehead atoms. The van der Waals surface area contributed by atoms with Gasteiger partial charge in [-0.2, -0.15) is 5.10 Å². The van der Waals surface area contributed by atoms with Gasteiger partial charge in [0.15, 0.2) is 0 Å². The Labute approximate surface area is 147 Å². The molecule has 1 fully saturated rings. The second kappa shape index (κ2) is 7.44. The van der Waals surface area contributed by atoms with Gasteiger partial charge in [0, 0.05) is 46.0 Å². The Morgan fingerprint density at radius 2 is 2.00 bits per heavy atom. The molecule has 0 spiro atoms. The number of nitrogens with zero attached hydrogens (tertiary/aromatic N) is 7. The Morgan fingerprint density at radius 3 is 2.60 bits per heavy atom. The molecule has 1 aliphatic heterocycles. The SMILES string of the molecule is Cn1cc(CN2CCN(c3cnn(CC(F)F)c(=O)c3Cl)CC2)nn1. The molecule has 0 unspecified atom stereocenters. The summed E-state index contributed by atoms with van der Waals surface area (Å²) in [6.07, 6.45) is 0.594. The first-order valence-corrected chi connectivity index (χ1v) is 8.18. The van der Waals surface area contributed by atoms with E-state index >= 15 is 0 Å².